The zero-order valence-corrected chi connectivity index (χ0v) is 11.9. The molecule has 22 heavy (non-hydrogen) atoms. The van der Waals surface area contributed by atoms with Gasteiger partial charge in [-0.1, -0.05) is 0 Å². The van der Waals surface area contributed by atoms with Crippen LogP contribution in [-0.2, 0) is 19.0 Å². The third-order valence-electron chi connectivity index (χ3n) is 3.93. The molecule has 0 amide bonds. The topological polar surface area (TPSA) is 60.4 Å². The summed E-state index contributed by atoms with van der Waals surface area (Å²) in [7, 11) is 1.18. The third kappa shape index (κ3) is 2.58. The Hall–Kier alpha value is -1.61. The monoisotopic (exact) mass is 320 g/mol. The molecule has 1 atom stereocenters. The second-order valence-corrected chi connectivity index (χ2v) is 5.28. The van der Waals surface area contributed by atoms with Crippen LogP contribution in [0.25, 0.3) is 0 Å². The van der Waals surface area contributed by atoms with Crippen molar-refractivity contribution in [3.05, 3.63) is 11.6 Å². The van der Waals surface area contributed by atoms with Gasteiger partial charge in [0, 0.05) is 12.0 Å². The van der Waals surface area contributed by atoms with E-state index in [9.17, 15) is 18.0 Å². The maximum absolute atomic E-state index is 13.2. The molecule has 0 N–H and O–H groups in total. The van der Waals surface area contributed by atoms with Crippen LogP contribution >= 0.6 is 0 Å². The van der Waals surface area contributed by atoms with E-state index >= 15 is 0 Å². The van der Waals surface area contributed by atoms with E-state index in [0.29, 0.717) is 26.1 Å². The van der Waals surface area contributed by atoms with Crippen molar-refractivity contribution in [3.8, 4) is 0 Å². The number of hydrogen-bond acceptors (Lipinski definition) is 6. The van der Waals surface area contributed by atoms with E-state index in [2.05, 4.69) is 9.84 Å². The van der Waals surface area contributed by atoms with E-state index in [0.717, 1.165) is 5.01 Å². The van der Waals surface area contributed by atoms with Crippen LogP contribution in [-0.4, -0.2) is 61.6 Å². The van der Waals surface area contributed by atoms with Gasteiger partial charge in [0.1, 0.15) is 6.54 Å². The summed E-state index contributed by atoms with van der Waals surface area (Å²) in [6.45, 7) is 0.366. The van der Waals surface area contributed by atoms with Crippen molar-refractivity contribution in [2.45, 2.75) is 30.8 Å². The molecule has 0 radical (unpaired) electrons. The summed E-state index contributed by atoms with van der Waals surface area (Å²) in [4.78, 5) is 11.4. The van der Waals surface area contributed by atoms with Crippen LogP contribution in [0.2, 0.25) is 0 Å². The van der Waals surface area contributed by atoms with Crippen LogP contribution in [0, 0.1) is 0 Å². The lowest BCUT2D eigenvalue weighted by molar-refractivity contribution is -0.143. The van der Waals surface area contributed by atoms with Gasteiger partial charge in [0.05, 0.1) is 26.4 Å². The first-order chi connectivity index (χ1) is 10.3. The Morgan fingerprint density at radius 1 is 1.50 bits per heavy atom. The summed E-state index contributed by atoms with van der Waals surface area (Å²) >= 11 is 0. The number of halogens is 3. The number of ether oxygens (including phenoxy) is 3. The Morgan fingerprint density at radius 2 is 2.18 bits per heavy atom. The minimum absolute atomic E-state index is 0.00422. The molecule has 0 aromatic carbocycles. The minimum Gasteiger partial charge on any atom is -0.468 e. The first-order valence-electron chi connectivity index (χ1n) is 6.85. The molecule has 0 saturated carbocycles. The van der Waals surface area contributed by atoms with Crippen molar-refractivity contribution in [2.24, 2.45) is 5.10 Å². The molecule has 3 rings (SSSR count). The Labute approximate surface area is 124 Å². The van der Waals surface area contributed by atoms with Crippen molar-refractivity contribution in [1.29, 1.82) is 0 Å². The molecule has 1 unspecified atom stereocenters. The van der Waals surface area contributed by atoms with Gasteiger partial charge in [-0.3, -0.25) is 9.80 Å². The molecule has 9 heteroatoms. The van der Waals surface area contributed by atoms with Crippen LogP contribution in [0.5, 0.6) is 0 Å². The molecule has 2 heterocycles. The highest BCUT2D eigenvalue weighted by Crippen LogP contribution is 2.42. The second kappa shape index (κ2) is 5.24. The van der Waals surface area contributed by atoms with Gasteiger partial charge in [-0.15, -0.1) is 0 Å². The summed E-state index contributed by atoms with van der Waals surface area (Å²) in [6.07, 6.45) is -2.48. The van der Waals surface area contributed by atoms with Gasteiger partial charge in [-0.2, -0.15) is 18.3 Å². The fourth-order valence-corrected chi connectivity index (χ4v) is 2.95. The Balaban J connectivity index is 1.93. The normalized spacial score (nSPS) is 26.7. The number of esters is 1. The lowest BCUT2D eigenvalue weighted by Crippen LogP contribution is -2.42. The van der Waals surface area contributed by atoms with E-state index in [1.165, 1.54) is 13.2 Å². The zero-order valence-electron chi connectivity index (χ0n) is 11.9. The fraction of sp³-hybridized carbons (Fsp3) is 0.692. The Morgan fingerprint density at radius 3 is 2.77 bits per heavy atom. The molecule has 0 aromatic heterocycles. The largest absolute Gasteiger partial charge is 0.468 e. The molecule has 0 bridgehead atoms. The second-order valence-electron chi connectivity index (χ2n) is 5.28. The lowest BCUT2D eigenvalue weighted by Gasteiger charge is -2.34. The van der Waals surface area contributed by atoms with Crippen molar-refractivity contribution < 1.29 is 32.2 Å². The molecule has 0 aromatic rings. The van der Waals surface area contributed by atoms with E-state index in [4.69, 9.17) is 9.47 Å². The number of carbonyl (C=O) groups is 1. The number of methoxy groups -OCH3 is 1. The maximum atomic E-state index is 13.2. The maximum Gasteiger partial charge on any atom is 0.435 e. The fourth-order valence-electron chi connectivity index (χ4n) is 2.95. The van der Waals surface area contributed by atoms with Crippen LogP contribution < -0.4 is 0 Å². The Kier molecular flexibility index (Phi) is 3.64. The molecule has 1 aliphatic carbocycles. The van der Waals surface area contributed by atoms with E-state index < -0.39 is 29.7 Å². The molecular formula is C13H15F3N2O4. The predicted molar refractivity (Wildman–Crippen MR) is 68.0 cm³/mol. The smallest absolute Gasteiger partial charge is 0.435 e. The zero-order chi connectivity index (χ0) is 16.0. The molecule has 1 spiro atoms. The molecule has 122 valence electrons. The number of rotatable bonds is 2. The van der Waals surface area contributed by atoms with Crippen molar-refractivity contribution in [3.63, 3.8) is 0 Å². The van der Waals surface area contributed by atoms with Crippen molar-refractivity contribution in [2.75, 3.05) is 26.9 Å². The van der Waals surface area contributed by atoms with Crippen molar-refractivity contribution >= 4 is 11.7 Å². The number of carbonyl (C=O) groups excluding carboxylic acids is 1. The third-order valence-corrected chi connectivity index (χ3v) is 3.93. The quantitative estimate of drug-likeness (QED) is 0.716. The number of hydrogen-bond donors (Lipinski definition) is 0. The van der Waals surface area contributed by atoms with Gasteiger partial charge in [-0.05, 0) is 12.5 Å². The first-order valence-corrected chi connectivity index (χ1v) is 6.85. The van der Waals surface area contributed by atoms with E-state index in [1.54, 1.807) is 0 Å². The number of nitrogens with zero attached hydrogens (tertiary/aromatic N) is 2. The average Bonchev–Trinajstić information content (AvgIpc) is 3.04. The number of fused-ring (bicyclic) bond motifs is 1. The highest BCUT2D eigenvalue weighted by molar-refractivity contribution is 6.06. The molecule has 6 nitrogen and oxygen atoms in total. The van der Waals surface area contributed by atoms with Crippen LogP contribution in [0.1, 0.15) is 12.8 Å². The molecule has 2 aliphatic heterocycles. The van der Waals surface area contributed by atoms with E-state index in [1.807, 2.05) is 0 Å². The lowest BCUT2D eigenvalue weighted by atomic mass is 9.88. The van der Waals surface area contributed by atoms with Crippen LogP contribution in [0.4, 0.5) is 13.2 Å². The molecular weight excluding hydrogens is 305 g/mol. The van der Waals surface area contributed by atoms with Gasteiger partial charge in [-0.25, -0.2) is 0 Å². The van der Waals surface area contributed by atoms with Gasteiger partial charge in [0.15, 0.2) is 11.5 Å². The number of alkyl halides is 3. The van der Waals surface area contributed by atoms with Gasteiger partial charge >= 0.3 is 12.1 Å². The van der Waals surface area contributed by atoms with Crippen LogP contribution in [0.15, 0.2) is 16.8 Å². The van der Waals surface area contributed by atoms with Crippen LogP contribution in [0.3, 0.4) is 0 Å². The molecule has 3 aliphatic rings. The molecule has 1 fully saturated rings. The summed E-state index contributed by atoms with van der Waals surface area (Å²) in [5.74, 6) is -1.74. The summed E-state index contributed by atoms with van der Waals surface area (Å²) in [6, 6.07) is -0.617. The SMILES string of the molecule is COC(=O)CN1N=C(C(F)(F)F)C2=CC3(CCC21)OCCO3. The first kappa shape index (κ1) is 15.3. The van der Waals surface area contributed by atoms with E-state index in [-0.39, 0.29) is 12.1 Å². The highest BCUT2D eigenvalue weighted by atomic mass is 19.4. The highest BCUT2D eigenvalue weighted by Gasteiger charge is 2.51. The van der Waals surface area contributed by atoms with Crippen molar-refractivity contribution in [1.82, 2.24) is 5.01 Å². The Bertz CT molecular complexity index is 538. The standard InChI is InChI=1S/C13H15F3N2O4/c1-20-10(19)7-18-9-2-3-12(21-4-5-22-12)6-8(9)11(17-18)13(14,15)16/h6,9H,2-5,7H2,1H3. The molecule has 1 saturated heterocycles. The summed E-state index contributed by atoms with van der Waals surface area (Å²) < 4.78 is 55.0. The van der Waals surface area contributed by atoms with Gasteiger partial charge in [0.2, 0.25) is 0 Å². The minimum atomic E-state index is -4.61. The summed E-state index contributed by atoms with van der Waals surface area (Å²) in [5.41, 5.74) is -0.996. The predicted octanol–water partition coefficient (Wildman–Crippen LogP) is 1.23. The average molecular weight is 320 g/mol. The summed E-state index contributed by atoms with van der Waals surface area (Å²) in [5, 5.41) is 4.72. The van der Waals surface area contributed by atoms with Gasteiger partial charge in [0.25, 0.3) is 0 Å². The van der Waals surface area contributed by atoms with Gasteiger partial charge < -0.3 is 14.2 Å². The number of hydrazone groups is 1.